The Morgan fingerprint density at radius 1 is 0.696 bits per heavy atom. The van der Waals surface area contributed by atoms with Crippen LogP contribution in [0.25, 0.3) is 0 Å². The van der Waals surface area contributed by atoms with Crippen LogP contribution < -0.4 is 16.0 Å². The van der Waals surface area contributed by atoms with Crippen molar-refractivity contribution in [2.45, 2.75) is 109 Å². The molecule has 19 nitrogen and oxygen atoms in total. The largest absolute Gasteiger partial charge is 0.454 e. The van der Waals surface area contributed by atoms with Crippen LogP contribution in [-0.4, -0.2) is 180 Å². The molecular formula is C50H72N8O11. The Morgan fingerprint density at radius 2 is 1.23 bits per heavy atom. The molecule has 2 bridgehead atoms. The van der Waals surface area contributed by atoms with Crippen molar-refractivity contribution in [2.75, 3.05) is 61.0 Å². The zero-order valence-corrected chi connectivity index (χ0v) is 41.7. The van der Waals surface area contributed by atoms with Crippen LogP contribution in [0, 0.1) is 17.8 Å². The van der Waals surface area contributed by atoms with Crippen LogP contribution >= 0.6 is 0 Å². The predicted molar refractivity (Wildman–Crippen MR) is 255 cm³/mol. The summed E-state index contributed by atoms with van der Waals surface area (Å²) < 4.78 is 5.36. The average Bonchev–Trinajstić information content (AvgIpc) is 3.80. The van der Waals surface area contributed by atoms with Crippen molar-refractivity contribution < 1.29 is 53.0 Å². The highest BCUT2D eigenvalue weighted by Gasteiger charge is 2.44. The third-order valence-corrected chi connectivity index (χ3v) is 12.8. The molecule has 7 unspecified atom stereocenters. The lowest BCUT2D eigenvalue weighted by Gasteiger charge is -2.37. The molecule has 4 N–H and O–H groups in total. The summed E-state index contributed by atoms with van der Waals surface area (Å²) in [7, 11) is 5.44. The second-order valence-corrected chi connectivity index (χ2v) is 19.4. The highest BCUT2D eigenvalue weighted by atomic mass is 16.5. The molecule has 378 valence electrons. The normalized spacial score (nSPS) is 24.7. The molecule has 2 heterocycles. The SMILES string of the molecule is CCC(C)C1NC(=O)C2CCN(C2)C(=O)C(Cc2ccccc2)N(C)C(=O)C(Cc2ccccc2)NC(=O)CN(C)C(=O)COC(=O)C(C(C)(C)O)N(C)C(=O)C(CC(C)C)NC(=O)CN(C)C1=O. The molecular weight excluding hydrogens is 889 g/mol. The summed E-state index contributed by atoms with van der Waals surface area (Å²) in [4.78, 5) is 132. The number of cyclic esters (lactones) is 1. The molecule has 0 aliphatic carbocycles. The van der Waals surface area contributed by atoms with Gasteiger partial charge in [0, 0.05) is 54.1 Å². The second kappa shape index (κ2) is 24.8. The average molecular weight is 961 g/mol. The van der Waals surface area contributed by atoms with E-state index in [4.69, 9.17) is 4.74 Å². The molecule has 0 spiro atoms. The number of benzene rings is 2. The standard InChI is InChI=1S/C50H72N8O11/c1-11-32(4)42-48(66)55(8)29-40(60)51-36(24-31(2)3)46(64)57(10)43(50(5,6)68)49(67)69-30-41(61)54(7)28-39(59)52-37(25-33-18-14-12-15-19-33)45(63)56(9)38(26-34-20-16-13-17-21-34)47(65)58-23-22-35(27-58)44(62)53-42/h12-21,31-32,35-38,42-43,68H,11,22-30H2,1-10H3,(H,51,60)(H,52,59)(H,53,62). The summed E-state index contributed by atoms with van der Waals surface area (Å²) >= 11 is 0. The van der Waals surface area contributed by atoms with Crippen LogP contribution in [0.5, 0.6) is 0 Å². The van der Waals surface area contributed by atoms with Crippen molar-refractivity contribution in [3.8, 4) is 0 Å². The summed E-state index contributed by atoms with van der Waals surface area (Å²) in [5, 5.41) is 19.5. The molecule has 19 heteroatoms. The number of ether oxygens (including phenoxy) is 1. The molecule has 0 saturated carbocycles. The van der Waals surface area contributed by atoms with E-state index in [2.05, 4.69) is 16.0 Å². The fourth-order valence-electron chi connectivity index (χ4n) is 8.64. The number of carbonyl (C=O) groups is 9. The fraction of sp³-hybridized carbons (Fsp3) is 0.580. The number of amides is 8. The molecule has 7 atom stereocenters. The third-order valence-electron chi connectivity index (χ3n) is 12.8. The number of nitrogens with zero attached hydrogens (tertiary/aromatic N) is 5. The maximum Gasteiger partial charge on any atom is 0.332 e. The van der Waals surface area contributed by atoms with E-state index in [0.29, 0.717) is 12.0 Å². The van der Waals surface area contributed by atoms with Crippen LogP contribution in [0.4, 0.5) is 0 Å². The molecule has 2 fully saturated rings. The summed E-state index contributed by atoms with van der Waals surface area (Å²) in [6.07, 6.45) is 1.01. The lowest BCUT2D eigenvalue weighted by Crippen LogP contribution is -2.60. The van der Waals surface area contributed by atoms with Crippen molar-refractivity contribution in [3.05, 3.63) is 71.8 Å². The maximum atomic E-state index is 14.7. The van der Waals surface area contributed by atoms with Gasteiger partial charge >= 0.3 is 5.97 Å². The Bertz CT molecular complexity index is 2150. The third kappa shape index (κ3) is 15.3. The molecule has 2 saturated heterocycles. The van der Waals surface area contributed by atoms with Gasteiger partial charge in [-0.1, -0.05) is 94.8 Å². The van der Waals surface area contributed by atoms with Gasteiger partial charge in [-0.3, -0.25) is 38.4 Å². The zero-order chi connectivity index (χ0) is 51.3. The van der Waals surface area contributed by atoms with E-state index < -0.39 is 115 Å². The first kappa shape index (κ1) is 55.2. The van der Waals surface area contributed by atoms with Crippen LogP contribution in [0.3, 0.4) is 0 Å². The molecule has 2 aliphatic rings. The Balaban J connectivity index is 1.74. The minimum absolute atomic E-state index is 0.00549. The number of hydrogen-bond acceptors (Lipinski definition) is 11. The van der Waals surface area contributed by atoms with Gasteiger partial charge in [0.25, 0.3) is 5.91 Å². The van der Waals surface area contributed by atoms with Crippen molar-refractivity contribution in [2.24, 2.45) is 17.8 Å². The summed E-state index contributed by atoms with van der Waals surface area (Å²) in [5.41, 5.74) is -0.454. The molecule has 2 aliphatic heterocycles. The van der Waals surface area contributed by atoms with E-state index in [1.165, 1.54) is 51.8 Å². The molecule has 8 amide bonds. The Morgan fingerprint density at radius 3 is 1.78 bits per heavy atom. The first-order valence-corrected chi connectivity index (χ1v) is 23.6. The highest BCUT2D eigenvalue weighted by Crippen LogP contribution is 2.23. The number of aliphatic hydroxyl groups is 1. The summed E-state index contributed by atoms with van der Waals surface area (Å²) in [6, 6.07) is 11.8. The van der Waals surface area contributed by atoms with E-state index in [-0.39, 0.29) is 50.6 Å². The van der Waals surface area contributed by atoms with Crippen LogP contribution in [0.1, 0.15) is 71.9 Å². The number of esters is 1. The van der Waals surface area contributed by atoms with Crippen molar-refractivity contribution in [3.63, 3.8) is 0 Å². The van der Waals surface area contributed by atoms with Gasteiger partial charge in [0.15, 0.2) is 12.6 Å². The fourth-order valence-corrected chi connectivity index (χ4v) is 8.64. The Labute approximate surface area is 405 Å². The van der Waals surface area contributed by atoms with Crippen molar-refractivity contribution in [1.29, 1.82) is 0 Å². The van der Waals surface area contributed by atoms with E-state index in [1.807, 2.05) is 51.1 Å². The molecule has 0 radical (unpaired) electrons. The zero-order valence-electron chi connectivity index (χ0n) is 41.7. The Kier molecular flexibility index (Phi) is 19.8. The first-order chi connectivity index (χ1) is 32.4. The minimum atomic E-state index is -1.92. The lowest BCUT2D eigenvalue weighted by atomic mass is 9.95. The maximum absolute atomic E-state index is 14.7. The quantitative estimate of drug-likeness (QED) is 0.256. The molecule has 69 heavy (non-hydrogen) atoms. The Hall–Kier alpha value is -6.37. The van der Waals surface area contributed by atoms with E-state index in [1.54, 1.807) is 37.3 Å². The number of fused-ring (bicyclic) bond motifs is 2. The molecule has 4 rings (SSSR count). The van der Waals surface area contributed by atoms with Gasteiger partial charge in [-0.15, -0.1) is 0 Å². The van der Waals surface area contributed by atoms with E-state index in [0.717, 1.165) is 20.3 Å². The number of likely N-dealkylation sites (N-methyl/N-ethyl adjacent to an activating group) is 4. The van der Waals surface area contributed by atoms with Gasteiger partial charge in [-0.25, -0.2) is 4.79 Å². The minimum Gasteiger partial charge on any atom is -0.454 e. The van der Waals surface area contributed by atoms with Gasteiger partial charge in [0.2, 0.25) is 41.4 Å². The van der Waals surface area contributed by atoms with E-state index >= 15 is 0 Å². The molecule has 2 aromatic carbocycles. The lowest BCUT2D eigenvalue weighted by molar-refractivity contribution is -0.167. The number of carbonyl (C=O) groups excluding carboxylic acids is 9. The smallest absolute Gasteiger partial charge is 0.332 e. The first-order valence-electron chi connectivity index (χ1n) is 23.6. The predicted octanol–water partition coefficient (Wildman–Crippen LogP) is 0.765. The van der Waals surface area contributed by atoms with Gasteiger partial charge in [-0.05, 0) is 49.7 Å². The van der Waals surface area contributed by atoms with Gasteiger partial charge < -0.3 is 50.3 Å². The van der Waals surface area contributed by atoms with Crippen LogP contribution in [-0.2, 0) is 60.7 Å². The topological polar surface area (TPSA) is 235 Å². The van der Waals surface area contributed by atoms with Crippen molar-refractivity contribution >= 4 is 53.2 Å². The molecule has 0 aromatic heterocycles. The van der Waals surface area contributed by atoms with Gasteiger partial charge in [-0.2, -0.15) is 0 Å². The van der Waals surface area contributed by atoms with Crippen molar-refractivity contribution in [1.82, 2.24) is 40.4 Å². The van der Waals surface area contributed by atoms with Crippen LogP contribution in [0.15, 0.2) is 60.7 Å². The second-order valence-electron chi connectivity index (χ2n) is 19.4. The molecule has 2 aromatic rings. The van der Waals surface area contributed by atoms with E-state index in [9.17, 15) is 48.3 Å². The number of nitrogens with one attached hydrogen (secondary N) is 3. The highest BCUT2D eigenvalue weighted by molar-refractivity contribution is 5.96. The number of hydrogen-bond donors (Lipinski definition) is 4. The van der Waals surface area contributed by atoms with Gasteiger partial charge in [0.1, 0.15) is 24.2 Å². The van der Waals surface area contributed by atoms with Gasteiger partial charge in [0.05, 0.1) is 24.6 Å². The number of rotatable bonds is 9. The van der Waals surface area contributed by atoms with Crippen LogP contribution in [0.2, 0.25) is 0 Å². The summed E-state index contributed by atoms with van der Waals surface area (Å²) in [6.45, 7) is 8.11. The summed E-state index contributed by atoms with van der Waals surface area (Å²) in [5.74, 6) is -7.40. The monoisotopic (exact) mass is 961 g/mol.